The summed E-state index contributed by atoms with van der Waals surface area (Å²) in [4.78, 5) is 0. The molecule has 0 saturated carbocycles. The zero-order valence-electron chi connectivity index (χ0n) is 10.2. The van der Waals surface area contributed by atoms with Crippen molar-refractivity contribution in [3.8, 4) is 11.1 Å². The average molecular weight is 258 g/mol. The quantitative estimate of drug-likeness (QED) is 0.721. The van der Waals surface area contributed by atoms with E-state index in [4.69, 9.17) is 5.73 Å². The van der Waals surface area contributed by atoms with Crippen LogP contribution in [0.25, 0.3) is 11.1 Å². The molecule has 0 aromatic heterocycles. The summed E-state index contributed by atoms with van der Waals surface area (Å²) >= 11 is 4.16. The van der Waals surface area contributed by atoms with Gasteiger partial charge in [0, 0.05) is 24.0 Å². The van der Waals surface area contributed by atoms with Crippen LogP contribution in [0.5, 0.6) is 0 Å². The number of hydrogen-bond acceptors (Lipinski definition) is 3. The summed E-state index contributed by atoms with van der Waals surface area (Å²) in [5.74, 6) is 0.690. The molecule has 2 rings (SSSR count). The summed E-state index contributed by atoms with van der Waals surface area (Å²) in [7, 11) is 0. The van der Waals surface area contributed by atoms with E-state index < -0.39 is 0 Å². The van der Waals surface area contributed by atoms with Gasteiger partial charge in [-0.15, -0.1) is 0 Å². The Bertz CT molecular complexity index is 468. The van der Waals surface area contributed by atoms with E-state index in [0.29, 0.717) is 5.75 Å². The Hall–Kier alpha value is -1.45. The van der Waals surface area contributed by atoms with Crippen molar-refractivity contribution in [2.75, 3.05) is 17.6 Å². The van der Waals surface area contributed by atoms with Crippen molar-refractivity contribution in [2.24, 2.45) is 5.73 Å². The third kappa shape index (κ3) is 3.52. The molecule has 1 atom stereocenters. The van der Waals surface area contributed by atoms with Crippen molar-refractivity contribution in [1.29, 1.82) is 0 Å². The van der Waals surface area contributed by atoms with Crippen LogP contribution in [0.15, 0.2) is 54.6 Å². The van der Waals surface area contributed by atoms with Crippen molar-refractivity contribution in [3.05, 3.63) is 54.6 Å². The first kappa shape index (κ1) is 13.0. The molecule has 0 spiro atoms. The van der Waals surface area contributed by atoms with E-state index in [-0.39, 0.29) is 6.04 Å². The molecular formula is C15H18N2S. The maximum atomic E-state index is 5.80. The maximum Gasteiger partial charge on any atom is 0.0341 e. The second-order valence-corrected chi connectivity index (χ2v) is 4.63. The Morgan fingerprint density at radius 2 is 1.56 bits per heavy atom. The molecule has 3 N–H and O–H groups in total. The Balaban J connectivity index is 2.02. The van der Waals surface area contributed by atoms with Gasteiger partial charge in [-0.2, -0.15) is 12.6 Å². The van der Waals surface area contributed by atoms with Crippen molar-refractivity contribution < 1.29 is 0 Å². The van der Waals surface area contributed by atoms with Crippen molar-refractivity contribution in [3.63, 3.8) is 0 Å². The number of hydrogen-bond donors (Lipinski definition) is 3. The van der Waals surface area contributed by atoms with Gasteiger partial charge in [-0.1, -0.05) is 42.5 Å². The van der Waals surface area contributed by atoms with E-state index in [2.05, 4.69) is 54.3 Å². The molecule has 18 heavy (non-hydrogen) atoms. The Morgan fingerprint density at radius 3 is 2.17 bits per heavy atom. The van der Waals surface area contributed by atoms with Gasteiger partial charge in [-0.05, 0) is 23.3 Å². The molecule has 0 amide bonds. The summed E-state index contributed by atoms with van der Waals surface area (Å²) in [5, 5.41) is 3.30. The average Bonchev–Trinajstić information content (AvgIpc) is 2.46. The highest BCUT2D eigenvalue weighted by atomic mass is 32.1. The number of benzene rings is 2. The highest BCUT2D eigenvalue weighted by Crippen LogP contribution is 2.20. The second-order valence-electron chi connectivity index (χ2n) is 4.27. The zero-order valence-corrected chi connectivity index (χ0v) is 11.1. The standard InChI is InChI=1S/C15H18N2S/c16-14(11-18)10-17-15-8-6-13(7-9-15)12-4-2-1-3-5-12/h1-9,14,17-18H,10-11,16H2/t14-/m1/s1. The summed E-state index contributed by atoms with van der Waals surface area (Å²) in [6, 6.07) is 18.8. The molecule has 2 aromatic carbocycles. The van der Waals surface area contributed by atoms with Gasteiger partial charge in [-0.3, -0.25) is 0 Å². The van der Waals surface area contributed by atoms with Gasteiger partial charge in [0.25, 0.3) is 0 Å². The molecule has 0 radical (unpaired) electrons. The fourth-order valence-electron chi connectivity index (χ4n) is 1.72. The van der Waals surface area contributed by atoms with E-state index in [1.807, 2.05) is 18.2 Å². The van der Waals surface area contributed by atoms with Gasteiger partial charge in [0.1, 0.15) is 0 Å². The highest BCUT2D eigenvalue weighted by Gasteiger charge is 2.00. The summed E-state index contributed by atoms with van der Waals surface area (Å²) in [6.45, 7) is 0.744. The van der Waals surface area contributed by atoms with Crippen molar-refractivity contribution >= 4 is 18.3 Å². The van der Waals surface area contributed by atoms with Crippen LogP contribution in [0.3, 0.4) is 0 Å². The van der Waals surface area contributed by atoms with Crippen molar-refractivity contribution in [2.45, 2.75) is 6.04 Å². The number of nitrogens with two attached hydrogens (primary N) is 1. The molecule has 0 fully saturated rings. The minimum absolute atomic E-state index is 0.0853. The van der Waals surface area contributed by atoms with Gasteiger partial charge >= 0.3 is 0 Å². The monoisotopic (exact) mass is 258 g/mol. The molecular weight excluding hydrogens is 240 g/mol. The van der Waals surface area contributed by atoms with Crippen LogP contribution < -0.4 is 11.1 Å². The second kappa shape index (κ2) is 6.47. The smallest absolute Gasteiger partial charge is 0.0341 e. The van der Waals surface area contributed by atoms with Crippen LogP contribution >= 0.6 is 12.6 Å². The Kier molecular flexibility index (Phi) is 4.67. The number of nitrogens with one attached hydrogen (secondary N) is 1. The lowest BCUT2D eigenvalue weighted by molar-refractivity contribution is 0.794. The number of rotatable bonds is 5. The molecule has 0 aliphatic rings. The molecule has 94 valence electrons. The van der Waals surface area contributed by atoms with Crippen LogP contribution in [0.1, 0.15) is 0 Å². The first-order chi connectivity index (χ1) is 8.79. The summed E-state index contributed by atoms with van der Waals surface area (Å²) in [6.07, 6.45) is 0. The molecule has 0 aliphatic carbocycles. The van der Waals surface area contributed by atoms with Crippen LogP contribution in [0.2, 0.25) is 0 Å². The summed E-state index contributed by atoms with van der Waals surface area (Å²) < 4.78 is 0. The fraction of sp³-hybridized carbons (Fsp3) is 0.200. The largest absolute Gasteiger partial charge is 0.383 e. The lowest BCUT2D eigenvalue weighted by Gasteiger charge is -2.11. The van der Waals surface area contributed by atoms with Crippen molar-refractivity contribution in [1.82, 2.24) is 0 Å². The lowest BCUT2D eigenvalue weighted by atomic mass is 10.1. The van der Waals surface area contributed by atoms with Crippen LogP contribution in [0, 0.1) is 0 Å². The molecule has 0 unspecified atom stereocenters. The van der Waals surface area contributed by atoms with E-state index in [9.17, 15) is 0 Å². The minimum Gasteiger partial charge on any atom is -0.383 e. The predicted octanol–water partition coefficient (Wildman–Crippen LogP) is 3.02. The molecule has 3 heteroatoms. The number of thiol groups is 1. The van der Waals surface area contributed by atoms with Crippen LogP contribution in [-0.2, 0) is 0 Å². The van der Waals surface area contributed by atoms with E-state index in [0.717, 1.165) is 12.2 Å². The van der Waals surface area contributed by atoms with Crippen LogP contribution in [0.4, 0.5) is 5.69 Å². The maximum absolute atomic E-state index is 5.80. The Morgan fingerprint density at radius 1 is 0.944 bits per heavy atom. The van der Waals surface area contributed by atoms with E-state index in [1.54, 1.807) is 0 Å². The topological polar surface area (TPSA) is 38.0 Å². The summed E-state index contributed by atoms with van der Waals surface area (Å²) in [5.41, 5.74) is 9.35. The van der Waals surface area contributed by atoms with E-state index >= 15 is 0 Å². The van der Waals surface area contributed by atoms with Gasteiger partial charge < -0.3 is 11.1 Å². The van der Waals surface area contributed by atoms with Crippen LogP contribution in [-0.4, -0.2) is 18.3 Å². The van der Waals surface area contributed by atoms with Gasteiger partial charge in [0.2, 0.25) is 0 Å². The molecule has 0 bridgehead atoms. The molecule has 0 aliphatic heterocycles. The molecule has 0 saturated heterocycles. The molecule has 2 nitrogen and oxygen atoms in total. The first-order valence-electron chi connectivity index (χ1n) is 6.05. The number of anilines is 1. The van der Waals surface area contributed by atoms with Gasteiger partial charge in [0.15, 0.2) is 0 Å². The minimum atomic E-state index is 0.0853. The van der Waals surface area contributed by atoms with E-state index in [1.165, 1.54) is 11.1 Å². The Labute approximate surface area is 114 Å². The molecule has 0 heterocycles. The lowest BCUT2D eigenvalue weighted by Crippen LogP contribution is -2.30. The SMILES string of the molecule is N[C@@H](CS)CNc1ccc(-c2ccccc2)cc1. The first-order valence-corrected chi connectivity index (χ1v) is 6.68. The third-order valence-corrected chi connectivity index (χ3v) is 3.26. The molecule has 2 aromatic rings. The highest BCUT2D eigenvalue weighted by molar-refractivity contribution is 7.80. The van der Waals surface area contributed by atoms with Gasteiger partial charge in [-0.25, -0.2) is 0 Å². The predicted molar refractivity (Wildman–Crippen MR) is 82.2 cm³/mol. The zero-order chi connectivity index (χ0) is 12.8. The van der Waals surface area contributed by atoms with Gasteiger partial charge in [0.05, 0.1) is 0 Å². The third-order valence-electron chi connectivity index (χ3n) is 2.79. The fourth-order valence-corrected chi connectivity index (χ4v) is 1.85. The normalized spacial score (nSPS) is 12.1.